The van der Waals surface area contributed by atoms with Gasteiger partial charge in [-0.15, -0.1) is 0 Å². The minimum absolute atomic E-state index is 0. The SMILES string of the molecule is CCC[n+]1ccc(/C=C/c2ccc3c(c2)c2ccccc2n3CCOCCOC)cc1.COCCOCCn1c2ccccc2c2cc(/C=C/c3cc[n+](C)cc3)ccc21.[Cl-].[I-]. The first-order valence-electron chi connectivity index (χ1n) is 21.0. The van der Waals surface area contributed by atoms with Gasteiger partial charge in [0.2, 0.25) is 0 Å². The summed E-state index contributed by atoms with van der Waals surface area (Å²) in [5, 5.41) is 5.12. The lowest BCUT2D eigenvalue weighted by molar-refractivity contribution is -0.697. The molecule has 0 atom stereocenters. The maximum atomic E-state index is 5.72. The zero-order chi connectivity index (χ0) is 41.5. The molecule has 0 unspecified atom stereocenters. The van der Waals surface area contributed by atoms with E-state index in [9.17, 15) is 0 Å². The van der Waals surface area contributed by atoms with Crippen LogP contribution in [0.15, 0.2) is 134 Å². The predicted octanol–water partition coefficient (Wildman–Crippen LogP) is 3.79. The molecular formula is C52H58ClIN4O4. The van der Waals surface area contributed by atoms with Crippen molar-refractivity contribution < 1.29 is 64.5 Å². The zero-order valence-electron chi connectivity index (χ0n) is 36.3. The summed E-state index contributed by atoms with van der Waals surface area (Å²) in [6, 6.07) is 39.1. The van der Waals surface area contributed by atoms with Crippen molar-refractivity contribution in [2.75, 3.05) is 53.9 Å². The molecule has 0 aliphatic rings. The minimum atomic E-state index is 0. The Morgan fingerprint density at radius 2 is 0.903 bits per heavy atom. The highest BCUT2D eigenvalue weighted by Gasteiger charge is 2.12. The van der Waals surface area contributed by atoms with E-state index in [1.807, 2.05) is 11.6 Å². The standard InChI is InChI=1S/C27H31N2O2.C25H27N2O2.ClH.HI/c1-3-14-28-15-12-22(13-16-28)8-9-23-10-11-27-25(21-23)24-6-4-5-7-26(24)29(27)17-18-31-20-19-30-2;1-26-13-11-20(12-14-26)7-8-21-9-10-25-23(19-21)22-5-3-4-6-24(22)27(25)15-16-29-18-17-28-2;;/h4-13,15-16,21H,3,14,17-20H2,1-2H3;3-14,19H,15-18H2,1-2H3;2*1H/q2*+1;;/p-2. The average molecular weight is 965 g/mol. The fraction of sp³-hybridized carbons (Fsp3) is 0.269. The fourth-order valence-corrected chi connectivity index (χ4v) is 7.63. The van der Waals surface area contributed by atoms with E-state index in [2.05, 4.69) is 179 Å². The van der Waals surface area contributed by atoms with Crippen LogP contribution >= 0.6 is 0 Å². The number of benzene rings is 4. The molecule has 324 valence electrons. The van der Waals surface area contributed by atoms with Gasteiger partial charge in [0.1, 0.15) is 13.6 Å². The Labute approximate surface area is 389 Å². The molecule has 0 saturated carbocycles. The van der Waals surface area contributed by atoms with Crippen LogP contribution in [0.1, 0.15) is 35.6 Å². The van der Waals surface area contributed by atoms with Gasteiger partial charge in [-0.25, -0.2) is 9.13 Å². The minimum Gasteiger partial charge on any atom is -1.00 e. The molecule has 0 amide bonds. The lowest BCUT2D eigenvalue weighted by atomic mass is 10.1. The van der Waals surface area contributed by atoms with E-state index in [-0.39, 0.29) is 36.4 Å². The lowest BCUT2D eigenvalue weighted by Gasteiger charge is -2.08. The van der Waals surface area contributed by atoms with Crippen molar-refractivity contribution in [3.05, 3.63) is 156 Å². The van der Waals surface area contributed by atoms with Crippen LogP contribution in [0.5, 0.6) is 0 Å². The van der Waals surface area contributed by atoms with E-state index in [0.717, 1.165) is 26.1 Å². The Morgan fingerprint density at radius 3 is 1.35 bits per heavy atom. The molecule has 0 saturated heterocycles. The highest BCUT2D eigenvalue weighted by molar-refractivity contribution is 6.09. The first-order chi connectivity index (χ1) is 29.6. The van der Waals surface area contributed by atoms with Crippen molar-refractivity contribution in [2.45, 2.75) is 33.0 Å². The number of hydrogen-bond acceptors (Lipinski definition) is 4. The van der Waals surface area contributed by atoms with Crippen LogP contribution < -0.4 is 45.5 Å². The molecule has 8 rings (SSSR count). The number of hydrogen-bond donors (Lipinski definition) is 0. The summed E-state index contributed by atoms with van der Waals surface area (Å²) < 4.78 is 30.5. The molecule has 0 bridgehead atoms. The van der Waals surface area contributed by atoms with Crippen LogP contribution in [0.2, 0.25) is 0 Å². The van der Waals surface area contributed by atoms with Gasteiger partial charge in [0, 0.05) is 102 Å². The molecule has 0 N–H and O–H groups in total. The van der Waals surface area contributed by atoms with Gasteiger partial charge in [-0.3, -0.25) is 0 Å². The van der Waals surface area contributed by atoms with E-state index in [4.69, 9.17) is 18.9 Å². The van der Waals surface area contributed by atoms with Gasteiger partial charge in [-0.2, -0.15) is 0 Å². The molecule has 0 radical (unpaired) electrons. The Balaban J connectivity index is 0.000000227. The second-order valence-electron chi connectivity index (χ2n) is 14.9. The van der Waals surface area contributed by atoms with Gasteiger partial charge in [0.05, 0.1) is 39.6 Å². The van der Waals surface area contributed by atoms with Crippen molar-refractivity contribution in [2.24, 2.45) is 7.05 Å². The van der Waals surface area contributed by atoms with Crippen LogP contribution in [-0.2, 0) is 45.6 Å². The number of aromatic nitrogens is 4. The third-order valence-corrected chi connectivity index (χ3v) is 10.7. The Hall–Kier alpha value is -4.88. The van der Waals surface area contributed by atoms with Gasteiger partial charge in [0.25, 0.3) is 0 Å². The largest absolute Gasteiger partial charge is 1.00 e. The van der Waals surface area contributed by atoms with Crippen molar-refractivity contribution in [3.63, 3.8) is 0 Å². The van der Waals surface area contributed by atoms with Crippen LogP contribution in [-0.4, -0.2) is 63.0 Å². The van der Waals surface area contributed by atoms with E-state index >= 15 is 0 Å². The summed E-state index contributed by atoms with van der Waals surface area (Å²) >= 11 is 0. The van der Waals surface area contributed by atoms with Crippen LogP contribution in [0, 0.1) is 0 Å². The number of aryl methyl sites for hydroxylation is 2. The number of halogens is 2. The highest BCUT2D eigenvalue weighted by atomic mass is 127. The molecule has 10 heteroatoms. The fourth-order valence-electron chi connectivity index (χ4n) is 7.63. The average Bonchev–Trinajstić information content (AvgIpc) is 3.77. The molecule has 0 aliphatic carbocycles. The summed E-state index contributed by atoms with van der Waals surface area (Å²) in [5.41, 5.74) is 9.79. The molecule has 62 heavy (non-hydrogen) atoms. The van der Waals surface area contributed by atoms with E-state index in [1.54, 1.807) is 14.2 Å². The molecular weight excluding hydrogens is 907 g/mol. The van der Waals surface area contributed by atoms with E-state index in [1.165, 1.54) is 65.9 Å². The number of para-hydroxylation sites is 2. The van der Waals surface area contributed by atoms with Crippen molar-refractivity contribution >= 4 is 67.9 Å². The summed E-state index contributed by atoms with van der Waals surface area (Å²) in [4.78, 5) is 0. The Bertz CT molecular complexity index is 2670. The highest BCUT2D eigenvalue weighted by Crippen LogP contribution is 2.31. The van der Waals surface area contributed by atoms with E-state index < -0.39 is 0 Å². The first kappa shape index (κ1) is 48.2. The van der Waals surface area contributed by atoms with Gasteiger partial charge in [-0.05, 0) is 58.7 Å². The van der Waals surface area contributed by atoms with Crippen LogP contribution in [0.25, 0.3) is 67.9 Å². The van der Waals surface area contributed by atoms with Crippen molar-refractivity contribution in [1.82, 2.24) is 9.13 Å². The molecule has 4 aromatic carbocycles. The molecule has 8 aromatic rings. The van der Waals surface area contributed by atoms with Crippen LogP contribution in [0.3, 0.4) is 0 Å². The number of fused-ring (bicyclic) bond motifs is 6. The third-order valence-electron chi connectivity index (χ3n) is 10.7. The van der Waals surface area contributed by atoms with Crippen LogP contribution in [0.4, 0.5) is 0 Å². The van der Waals surface area contributed by atoms with Crippen molar-refractivity contribution in [3.8, 4) is 0 Å². The Kier molecular flexibility index (Phi) is 19.2. The molecule has 0 aliphatic heterocycles. The number of pyridine rings is 2. The van der Waals surface area contributed by atoms with Crippen molar-refractivity contribution in [1.29, 1.82) is 0 Å². The third kappa shape index (κ3) is 12.4. The maximum absolute atomic E-state index is 5.72. The summed E-state index contributed by atoms with van der Waals surface area (Å²) in [6.45, 7) is 8.75. The first-order valence-corrected chi connectivity index (χ1v) is 21.0. The molecule has 4 aromatic heterocycles. The number of methoxy groups -OCH3 is 2. The molecule has 8 nitrogen and oxygen atoms in total. The second kappa shape index (κ2) is 24.7. The Morgan fingerprint density at radius 1 is 0.484 bits per heavy atom. The zero-order valence-corrected chi connectivity index (χ0v) is 39.2. The second-order valence-corrected chi connectivity index (χ2v) is 14.9. The van der Waals surface area contributed by atoms with Gasteiger partial charge in [0.15, 0.2) is 24.8 Å². The quantitative estimate of drug-likeness (QED) is 0.0748. The van der Waals surface area contributed by atoms with Gasteiger partial charge < -0.3 is 64.5 Å². The monoisotopic (exact) mass is 964 g/mol. The maximum Gasteiger partial charge on any atom is 0.169 e. The number of ether oxygens (including phenoxy) is 4. The van der Waals surface area contributed by atoms with Gasteiger partial charge in [-0.1, -0.05) is 79.8 Å². The summed E-state index contributed by atoms with van der Waals surface area (Å²) in [5.74, 6) is 0. The smallest absolute Gasteiger partial charge is 0.169 e. The topological polar surface area (TPSA) is 54.5 Å². The number of rotatable bonds is 18. The van der Waals surface area contributed by atoms with E-state index in [0.29, 0.717) is 39.6 Å². The summed E-state index contributed by atoms with van der Waals surface area (Å²) in [6.07, 6.45) is 18.3. The molecule has 0 fully saturated rings. The lowest BCUT2D eigenvalue weighted by Crippen LogP contribution is -3.00. The normalized spacial score (nSPS) is 11.4. The number of nitrogens with zero attached hydrogens (tertiary/aromatic N) is 4. The molecule has 4 heterocycles. The predicted molar refractivity (Wildman–Crippen MR) is 247 cm³/mol. The summed E-state index contributed by atoms with van der Waals surface area (Å²) in [7, 11) is 5.42. The van der Waals surface area contributed by atoms with Gasteiger partial charge >= 0.3 is 0 Å². The molecule has 0 spiro atoms.